The number of methoxy groups -OCH3 is 1. The minimum Gasteiger partial charge on any atom is -0.464 e. The summed E-state index contributed by atoms with van der Waals surface area (Å²) in [5.74, 6) is 0.450. The Kier molecular flexibility index (Phi) is 3.66. The van der Waals surface area contributed by atoms with Gasteiger partial charge < -0.3 is 9.64 Å². The largest absolute Gasteiger partial charge is 0.464 e. The molecule has 0 aromatic carbocycles. The Balaban J connectivity index is 2.11. The summed E-state index contributed by atoms with van der Waals surface area (Å²) in [4.78, 5) is 18.0. The van der Waals surface area contributed by atoms with Crippen molar-refractivity contribution in [3.05, 3.63) is 11.1 Å². The molecular weight excluding hydrogens is 236 g/mol. The van der Waals surface area contributed by atoms with Gasteiger partial charge in [0.05, 0.1) is 7.11 Å². The molecule has 0 atom stereocenters. The van der Waals surface area contributed by atoms with Crippen LogP contribution in [0.25, 0.3) is 0 Å². The van der Waals surface area contributed by atoms with E-state index in [0.29, 0.717) is 11.7 Å². The Morgan fingerprint density at radius 1 is 1.65 bits per heavy atom. The number of esters is 1. The number of anilines is 1. The van der Waals surface area contributed by atoms with Crippen LogP contribution in [0.1, 0.15) is 37.2 Å². The highest BCUT2D eigenvalue weighted by molar-refractivity contribution is 7.13. The Hall–Kier alpha value is -1.10. The Labute approximate surface area is 106 Å². The first-order chi connectivity index (χ1) is 8.11. The number of carbonyl (C=O) groups excluding carboxylic acids is 1. The number of aromatic nitrogens is 1. The van der Waals surface area contributed by atoms with E-state index in [1.165, 1.54) is 31.3 Å². The molecule has 0 saturated heterocycles. The molecule has 0 amide bonds. The Bertz CT molecular complexity index is 399. The lowest BCUT2D eigenvalue weighted by molar-refractivity contribution is 0.0595. The van der Waals surface area contributed by atoms with E-state index in [1.807, 2.05) is 0 Å². The Morgan fingerprint density at radius 3 is 2.88 bits per heavy atom. The highest BCUT2D eigenvalue weighted by atomic mass is 32.1. The summed E-state index contributed by atoms with van der Waals surface area (Å²) in [5.41, 5.74) is 0.411. The van der Waals surface area contributed by atoms with Crippen molar-refractivity contribution < 1.29 is 9.53 Å². The summed E-state index contributed by atoms with van der Waals surface area (Å²) >= 11 is 1.51. The number of thiazole rings is 1. The lowest BCUT2D eigenvalue weighted by atomic mass is 10.3. The van der Waals surface area contributed by atoms with Gasteiger partial charge in [0.1, 0.15) is 0 Å². The van der Waals surface area contributed by atoms with Gasteiger partial charge in [-0.1, -0.05) is 0 Å². The molecule has 1 aliphatic rings. The number of carbonyl (C=O) groups is 1. The van der Waals surface area contributed by atoms with E-state index in [0.717, 1.165) is 17.6 Å². The van der Waals surface area contributed by atoms with E-state index < -0.39 is 0 Å². The lowest BCUT2D eigenvalue weighted by Crippen LogP contribution is -2.32. The van der Waals surface area contributed by atoms with Gasteiger partial charge in [0.25, 0.3) is 0 Å². The fourth-order valence-corrected chi connectivity index (χ4v) is 2.62. The Morgan fingerprint density at radius 2 is 2.35 bits per heavy atom. The highest BCUT2D eigenvalue weighted by Gasteiger charge is 2.27. The van der Waals surface area contributed by atoms with Crippen molar-refractivity contribution >= 4 is 22.4 Å². The molecule has 0 bridgehead atoms. The maximum atomic E-state index is 11.4. The number of nitrogens with zero attached hydrogens (tertiary/aromatic N) is 2. The third kappa shape index (κ3) is 2.97. The molecule has 1 fully saturated rings. The molecular formula is C12H18N2O2S. The zero-order valence-corrected chi connectivity index (χ0v) is 11.3. The normalized spacial score (nSPS) is 15.1. The first-order valence-electron chi connectivity index (χ1n) is 5.92. The molecule has 17 heavy (non-hydrogen) atoms. The quantitative estimate of drug-likeness (QED) is 0.757. The smallest absolute Gasteiger partial charge is 0.357 e. The maximum absolute atomic E-state index is 11.4. The number of hydrogen-bond donors (Lipinski definition) is 0. The van der Waals surface area contributed by atoms with Crippen LogP contribution in [-0.2, 0) is 4.74 Å². The van der Waals surface area contributed by atoms with E-state index in [4.69, 9.17) is 0 Å². The summed E-state index contributed by atoms with van der Waals surface area (Å²) in [6, 6.07) is 0.409. The van der Waals surface area contributed by atoms with Crippen molar-refractivity contribution in [3.8, 4) is 0 Å². The molecule has 1 saturated carbocycles. The van der Waals surface area contributed by atoms with Crippen LogP contribution in [-0.4, -0.2) is 30.6 Å². The van der Waals surface area contributed by atoms with Gasteiger partial charge in [-0.05, 0) is 32.6 Å². The zero-order valence-electron chi connectivity index (χ0n) is 10.5. The summed E-state index contributed by atoms with van der Waals surface area (Å²) in [5, 5.41) is 2.69. The molecule has 0 radical (unpaired) electrons. The van der Waals surface area contributed by atoms with Crippen molar-refractivity contribution in [1.29, 1.82) is 0 Å². The number of ether oxygens (including phenoxy) is 1. The van der Waals surface area contributed by atoms with Crippen LogP contribution < -0.4 is 4.90 Å². The molecule has 0 spiro atoms. The van der Waals surface area contributed by atoms with Crippen molar-refractivity contribution in [2.75, 3.05) is 18.6 Å². The second-order valence-corrected chi connectivity index (χ2v) is 5.53. The third-order valence-corrected chi connectivity index (χ3v) is 3.79. The molecule has 1 heterocycles. The molecule has 1 aromatic heterocycles. The first-order valence-corrected chi connectivity index (χ1v) is 6.80. The van der Waals surface area contributed by atoms with E-state index in [1.54, 1.807) is 5.38 Å². The molecule has 94 valence electrons. The molecule has 4 nitrogen and oxygen atoms in total. The van der Waals surface area contributed by atoms with Gasteiger partial charge in [-0.2, -0.15) is 0 Å². The molecule has 1 aromatic rings. The minimum atomic E-state index is -0.359. The van der Waals surface area contributed by atoms with Crippen molar-refractivity contribution in [3.63, 3.8) is 0 Å². The van der Waals surface area contributed by atoms with Crippen LogP contribution in [0.3, 0.4) is 0 Å². The topological polar surface area (TPSA) is 42.4 Å². The van der Waals surface area contributed by atoms with E-state index >= 15 is 0 Å². The van der Waals surface area contributed by atoms with Crippen molar-refractivity contribution in [1.82, 2.24) is 4.98 Å². The average molecular weight is 254 g/mol. The van der Waals surface area contributed by atoms with Crippen molar-refractivity contribution in [2.24, 2.45) is 5.92 Å². The van der Waals surface area contributed by atoms with Gasteiger partial charge in [-0.25, -0.2) is 9.78 Å². The standard InChI is InChI=1S/C12H18N2O2S/c1-8(2)14(6-9-4-5-9)12-13-10(7-17-12)11(15)16-3/h7-9H,4-6H2,1-3H3. The molecule has 2 rings (SSSR count). The summed E-state index contributed by atoms with van der Waals surface area (Å²) in [6.07, 6.45) is 2.64. The fraction of sp³-hybridized carbons (Fsp3) is 0.667. The van der Waals surface area contributed by atoms with Crippen LogP contribution in [0.5, 0.6) is 0 Å². The predicted octanol–water partition coefficient (Wildman–Crippen LogP) is 2.55. The monoisotopic (exact) mass is 254 g/mol. The van der Waals surface area contributed by atoms with Gasteiger partial charge in [0.2, 0.25) is 0 Å². The van der Waals surface area contributed by atoms with Crippen LogP contribution in [0, 0.1) is 5.92 Å². The molecule has 0 aliphatic heterocycles. The van der Waals surface area contributed by atoms with Crippen molar-refractivity contribution in [2.45, 2.75) is 32.7 Å². The van der Waals surface area contributed by atoms with Crippen LogP contribution in [0.2, 0.25) is 0 Å². The van der Waals surface area contributed by atoms with Gasteiger partial charge in [-0.3, -0.25) is 0 Å². The van der Waals surface area contributed by atoms with E-state index in [2.05, 4.69) is 28.5 Å². The zero-order chi connectivity index (χ0) is 12.4. The van der Waals surface area contributed by atoms with E-state index in [-0.39, 0.29) is 5.97 Å². The third-order valence-electron chi connectivity index (χ3n) is 2.91. The van der Waals surface area contributed by atoms with Gasteiger partial charge in [-0.15, -0.1) is 11.3 Å². The summed E-state index contributed by atoms with van der Waals surface area (Å²) in [6.45, 7) is 5.36. The van der Waals surface area contributed by atoms with Gasteiger partial charge in [0.15, 0.2) is 10.8 Å². The van der Waals surface area contributed by atoms with Crippen LogP contribution in [0.4, 0.5) is 5.13 Å². The summed E-state index contributed by atoms with van der Waals surface area (Å²) in [7, 11) is 1.38. The molecule has 5 heteroatoms. The molecule has 1 aliphatic carbocycles. The van der Waals surface area contributed by atoms with Gasteiger partial charge in [0, 0.05) is 18.0 Å². The number of rotatable bonds is 5. The SMILES string of the molecule is COC(=O)c1csc(N(CC2CC2)C(C)C)n1. The second-order valence-electron chi connectivity index (χ2n) is 4.70. The highest BCUT2D eigenvalue weighted by Crippen LogP contribution is 2.33. The second kappa shape index (κ2) is 5.04. The maximum Gasteiger partial charge on any atom is 0.357 e. The predicted molar refractivity (Wildman–Crippen MR) is 68.7 cm³/mol. The van der Waals surface area contributed by atoms with Crippen LogP contribution in [0.15, 0.2) is 5.38 Å². The average Bonchev–Trinajstić information content (AvgIpc) is 3.00. The van der Waals surface area contributed by atoms with Gasteiger partial charge >= 0.3 is 5.97 Å². The minimum absolute atomic E-state index is 0.359. The first kappa shape index (κ1) is 12.4. The van der Waals surface area contributed by atoms with E-state index in [9.17, 15) is 4.79 Å². The molecule has 0 N–H and O–H groups in total. The lowest BCUT2D eigenvalue weighted by Gasteiger charge is -2.25. The molecule has 0 unspecified atom stereocenters. The number of hydrogen-bond acceptors (Lipinski definition) is 5. The summed E-state index contributed by atoms with van der Waals surface area (Å²) < 4.78 is 4.67. The van der Waals surface area contributed by atoms with Crippen LogP contribution >= 0.6 is 11.3 Å². The fourth-order valence-electron chi connectivity index (χ4n) is 1.68.